The molecule has 0 aliphatic rings. The number of benzene rings is 1. The van der Waals surface area contributed by atoms with Crippen molar-refractivity contribution in [3.8, 4) is 0 Å². The van der Waals surface area contributed by atoms with Crippen molar-refractivity contribution >= 4 is 39.2 Å². The van der Waals surface area contributed by atoms with Crippen LogP contribution in [0, 0.1) is 9.49 Å². The molecule has 0 radical (unpaired) electrons. The molecule has 0 atom stereocenters. The number of halogens is 1. The molecule has 0 aliphatic heterocycles. The Morgan fingerprint density at radius 1 is 1.28 bits per heavy atom. The molecular formula is C15H19IN2. The minimum absolute atomic E-state index is 0.633. The van der Waals surface area contributed by atoms with Crippen LogP contribution in [0.25, 0.3) is 10.9 Å². The molecule has 1 heterocycles. The van der Waals surface area contributed by atoms with Crippen LogP contribution in [0.2, 0.25) is 0 Å². The van der Waals surface area contributed by atoms with Crippen molar-refractivity contribution in [2.75, 3.05) is 11.9 Å². The van der Waals surface area contributed by atoms with Gasteiger partial charge in [0.2, 0.25) is 0 Å². The van der Waals surface area contributed by atoms with Gasteiger partial charge >= 0.3 is 0 Å². The lowest BCUT2D eigenvalue weighted by molar-refractivity contribution is 0.637. The van der Waals surface area contributed by atoms with Crippen LogP contribution in [0.1, 0.15) is 26.5 Å². The number of nitrogens with one attached hydrogen (secondary N) is 1. The average molecular weight is 354 g/mol. The third-order valence-corrected chi connectivity index (χ3v) is 3.48. The van der Waals surface area contributed by atoms with Crippen LogP contribution in [0.4, 0.5) is 5.69 Å². The highest BCUT2D eigenvalue weighted by Gasteiger charge is 2.07. The molecule has 0 bridgehead atoms. The average Bonchev–Trinajstić information content (AvgIpc) is 2.29. The molecule has 0 aliphatic carbocycles. The van der Waals surface area contributed by atoms with Gasteiger partial charge in [-0.3, -0.25) is 4.98 Å². The molecule has 0 fully saturated rings. The lowest BCUT2D eigenvalue weighted by atomic mass is 10.1. The van der Waals surface area contributed by atoms with E-state index in [1.807, 2.05) is 0 Å². The first-order valence-electron chi connectivity index (χ1n) is 6.43. The third-order valence-electron chi connectivity index (χ3n) is 2.81. The summed E-state index contributed by atoms with van der Waals surface area (Å²) in [5.41, 5.74) is 3.47. The number of fused-ring (bicyclic) bond motifs is 1. The van der Waals surface area contributed by atoms with Gasteiger partial charge in [0.05, 0.1) is 5.52 Å². The van der Waals surface area contributed by atoms with Crippen molar-refractivity contribution < 1.29 is 0 Å². The molecule has 0 amide bonds. The Kier molecular flexibility index (Phi) is 4.43. The Morgan fingerprint density at radius 2 is 2.06 bits per heavy atom. The molecule has 2 rings (SSSR count). The van der Waals surface area contributed by atoms with Crippen LogP contribution < -0.4 is 5.32 Å². The highest BCUT2D eigenvalue weighted by molar-refractivity contribution is 14.1. The topological polar surface area (TPSA) is 24.9 Å². The fourth-order valence-corrected chi connectivity index (χ4v) is 2.60. The van der Waals surface area contributed by atoms with Crippen molar-refractivity contribution in [1.82, 2.24) is 4.98 Å². The predicted molar refractivity (Wildman–Crippen MR) is 87.2 cm³/mol. The highest BCUT2D eigenvalue weighted by atomic mass is 127. The second-order valence-corrected chi connectivity index (χ2v) is 6.20. The lowest BCUT2D eigenvalue weighted by Gasteiger charge is -2.12. The molecule has 0 saturated heterocycles. The van der Waals surface area contributed by atoms with Gasteiger partial charge in [-0.1, -0.05) is 13.8 Å². The first-order chi connectivity index (χ1) is 8.60. The van der Waals surface area contributed by atoms with E-state index < -0.39 is 0 Å². The number of hydrogen-bond donors (Lipinski definition) is 1. The minimum atomic E-state index is 0.633. The zero-order valence-corrected chi connectivity index (χ0v) is 13.3. The molecule has 0 spiro atoms. The Morgan fingerprint density at radius 3 is 2.72 bits per heavy atom. The van der Waals surface area contributed by atoms with Gasteiger partial charge in [0.1, 0.15) is 0 Å². The molecule has 1 aromatic carbocycles. The zero-order valence-electron chi connectivity index (χ0n) is 11.1. The number of pyridine rings is 1. The number of rotatable bonds is 4. The molecule has 1 aromatic heterocycles. The molecule has 2 nitrogen and oxygen atoms in total. The zero-order chi connectivity index (χ0) is 13.1. The highest BCUT2D eigenvalue weighted by Crippen LogP contribution is 2.26. The SMILES string of the molecule is CCNc1cc(CC(C)C)nc2ccc(I)cc12. The van der Waals surface area contributed by atoms with Crippen LogP contribution in [0.3, 0.4) is 0 Å². The van der Waals surface area contributed by atoms with E-state index in [1.165, 1.54) is 20.3 Å². The van der Waals surface area contributed by atoms with E-state index in [4.69, 9.17) is 4.98 Å². The summed E-state index contributed by atoms with van der Waals surface area (Å²) in [7, 11) is 0. The summed E-state index contributed by atoms with van der Waals surface area (Å²) in [6.45, 7) is 7.52. The van der Waals surface area contributed by atoms with Gasteiger partial charge in [-0.15, -0.1) is 0 Å². The second kappa shape index (κ2) is 5.87. The van der Waals surface area contributed by atoms with Crippen LogP contribution in [-0.4, -0.2) is 11.5 Å². The van der Waals surface area contributed by atoms with Gasteiger partial charge in [-0.2, -0.15) is 0 Å². The third kappa shape index (κ3) is 3.13. The smallest absolute Gasteiger partial charge is 0.0726 e. The molecule has 2 aromatic rings. The maximum Gasteiger partial charge on any atom is 0.0726 e. The van der Waals surface area contributed by atoms with Gasteiger partial charge in [0, 0.05) is 26.9 Å². The number of hydrogen-bond acceptors (Lipinski definition) is 2. The summed E-state index contributed by atoms with van der Waals surface area (Å²) >= 11 is 2.35. The summed E-state index contributed by atoms with van der Waals surface area (Å²) in [6.07, 6.45) is 1.03. The maximum atomic E-state index is 4.76. The van der Waals surface area contributed by atoms with Crippen molar-refractivity contribution in [2.24, 2.45) is 5.92 Å². The number of nitrogens with zero attached hydrogens (tertiary/aromatic N) is 1. The van der Waals surface area contributed by atoms with Gasteiger partial charge in [-0.05, 0) is 66.1 Å². The van der Waals surface area contributed by atoms with Gasteiger partial charge in [0.15, 0.2) is 0 Å². The Bertz CT molecular complexity index is 549. The van der Waals surface area contributed by atoms with Crippen molar-refractivity contribution in [1.29, 1.82) is 0 Å². The molecule has 18 heavy (non-hydrogen) atoms. The first kappa shape index (κ1) is 13.6. The van der Waals surface area contributed by atoms with Crippen molar-refractivity contribution in [3.05, 3.63) is 33.5 Å². The van der Waals surface area contributed by atoms with Gasteiger partial charge in [-0.25, -0.2) is 0 Å². The molecule has 1 N–H and O–H groups in total. The van der Waals surface area contributed by atoms with Crippen LogP contribution in [0.5, 0.6) is 0 Å². The quantitative estimate of drug-likeness (QED) is 0.820. The molecular weight excluding hydrogens is 335 g/mol. The minimum Gasteiger partial charge on any atom is -0.385 e. The Balaban J connectivity index is 2.55. The summed E-state index contributed by atoms with van der Waals surface area (Å²) in [5, 5.41) is 4.67. The molecule has 0 saturated carbocycles. The van der Waals surface area contributed by atoms with Crippen molar-refractivity contribution in [2.45, 2.75) is 27.2 Å². The second-order valence-electron chi connectivity index (χ2n) is 4.95. The molecule has 0 unspecified atom stereocenters. The van der Waals surface area contributed by atoms with Crippen molar-refractivity contribution in [3.63, 3.8) is 0 Å². The summed E-state index contributed by atoms with van der Waals surface area (Å²) in [4.78, 5) is 4.76. The maximum absolute atomic E-state index is 4.76. The standard InChI is InChI=1S/C15H19IN2/c1-4-17-15-9-12(7-10(2)3)18-14-6-5-11(16)8-13(14)15/h5-6,8-10H,4,7H2,1-3H3,(H,17,18). The molecule has 3 heteroatoms. The monoisotopic (exact) mass is 354 g/mol. The van der Waals surface area contributed by atoms with Crippen LogP contribution in [0.15, 0.2) is 24.3 Å². The Hall–Kier alpha value is -0.840. The van der Waals surface area contributed by atoms with Gasteiger partial charge in [0.25, 0.3) is 0 Å². The van der Waals surface area contributed by atoms with E-state index in [9.17, 15) is 0 Å². The van der Waals surface area contributed by atoms with Crippen LogP contribution in [-0.2, 0) is 6.42 Å². The normalized spacial score (nSPS) is 11.2. The fraction of sp³-hybridized carbons (Fsp3) is 0.400. The largest absolute Gasteiger partial charge is 0.385 e. The molecule has 96 valence electrons. The summed E-state index contributed by atoms with van der Waals surface area (Å²) in [6, 6.07) is 8.62. The van der Waals surface area contributed by atoms with E-state index in [1.54, 1.807) is 0 Å². The number of anilines is 1. The summed E-state index contributed by atoms with van der Waals surface area (Å²) in [5.74, 6) is 0.633. The van der Waals surface area contributed by atoms with Crippen LogP contribution >= 0.6 is 22.6 Å². The summed E-state index contributed by atoms with van der Waals surface area (Å²) < 4.78 is 1.25. The predicted octanol–water partition coefficient (Wildman–Crippen LogP) is 4.47. The fourth-order valence-electron chi connectivity index (χ4n) is 2.11. The first-order valence-corrected chi connectivity index (χ1v) is 7.51. The van der Waals surface area contributed by atoms with E-state index in [-0.39, 0.29) is 0 Å². The lowest BCUT2D eigenvalue weighted by Crippen LogP contribution is -2.03. The number of aromatic nitrogens is 1. The van der Waals surface area contributed by atoms with E-state index in [0.717, 1.165) is 18.5 Å². The van der Waals surface area contributed by atoms with E-state index in [0.29, 0.717) is 5.92 Å². The van der Waals surface area contributed by atoms with E-state index in [2.05, 4.69) is 72.9 Å². The Labute approximate surface area is 122 Å². The van der Waals surface area contributed by atoms with E-state index >= 15 is 0 Å². The van der Waals surface area contributed by atoms with Gasteiger partial charge < -0.3 is 5.32 Å².